The summed E-state index contributed by atoms with van der Waals surface area (Å²) in [4.78, 5) is -0.508. The normalized spacial score (nSPS) is 22.0. The van der Waals surface area contributed by atoms with Gasteiger partial charge in [0, 0.05) is 6.04 Å². The molecule has 0 radical (unpaired) electrons. The molecule has 0 aromatic heterocycles. The van der Waals surface area contributed by atoms with Gasteiger partial charge in [-0.05, 0) is 43.5 Å². The van der Waals surface area contributed by atoms with E-state index in [0.29, 0.717) is 19.0 Å². The Hall–Kier alpha value is -1.63. The maximum absolute atomic E-state index is 12.9. The summed E-state index contributed by atoms with van der Waals surface area (Å²) < 4.78 is 65.9. The van der Waals surface area contributed by atoms with E-state index in [1.807, 2.05) is 0 Å². The van der Waals surface area contributed by atoms with Crippen molar-refractivity contribution in [2.75, 3.05) is 6.54 Å². The zero-order valence-corrected chi connectivity index (χ0v) is 12.9. The van der Waals surface area contributed by atoms with Crippen LogP contribution in [0.1, 0.15) is 30.4 Å². The van der Waals surface area contributed by atoms with Crippen LogP contribution in [0.15, 0.2) is 23.1 Å². The first-order valence-electron chi connectivity index (χ1n) is 7.03. The van der Waals surface area contributed by atoms with Crippen molar-refractivity contribution in [1.29, 1.82) is 5.26 Å². The molecule has 0 aliphatic heterocycles. The van der Waals surface area contributed by atoms with E-state index >= 15 is 0 Å². The van der Waals surface area contributed by atoms with Crippen LogP contribution in [0.2, 0.25) is 0 Å². The number of nitrogens with zero attached hydrogens (tertiary/aromatic N) is 1. The highest BCUT2D eigenvalue weighted by molar-refractivity contribution is 7.89. The van der Waals surface area contributed by atoms with Crippen LogP contribution in [-0.4, -0.2) is 21.0 Å². The summed E-state index contributed by atoms with van der Waals surface area (Å²) in [6.07, 6.45) is -2.60. The van der Waals surface area contributed by atoms with Gasteiger partial charge in [0.15, 0.2) is 0 Å². The molecular weight excluding hydrogens is 331 g/mol. The molecule has 1 aromatic carbocycles. The zero-order valence-electron chi connectivity index (χ0n) is 12.1. The third-order valence-corrected chi connectivity index (χ3v) is 5.48. The molecule has 0 bridgehead atoms. The lowest BCUT2D eigenvalue weighted by Gasteiger charge is -2.20. The second-order valence-corrected chi connectivity index (χ2v) is 7.19. The van der Waals surface area contributed by atoms with Gasteiger partial charge in [0.25, 0.3) is 0 Å². The number of sulfonamides is 1. The van der Waals surface area contributed by atoms with Gasteiger partial charge >= 0.3 is 6.18 Å². The first-order valence-corrected chi connectivity index (χ1v) is 8.51. The third kappa shape index (κ3) is 3.83. The molecule has 5 nitrogen and oxygen atoms in total. The molecule has 1 fully saturated rings. The average molecular weight is 347 g/mol. The van der Waals surface area contributed by atoms with E-state index in [0.717, 1.165) is 25.0 Å². The van der Waals surface area contributed by atoms with Crippen LogP contribution in [-0.2, 0) is 16.2 Å². The molecule has 1 aromatic rings. The van der Waals surface area contributed by atoms with Crippen LogP contribution in [0.3, 0.4) is 0 Å². The molecule has 0 saturated heterocycles. The van der Waals surface area contributed by atoms with Gasteiger partial charge in [-0.15, -0.1) is 0 Å². The Bertz CT molecular complexity index is 726. The van der Waals surface area contributed by atoms with Crippen molar-refractivity contribution in [3.8, 4) is 6.07 Å². The standard InChI is InChI=1S/C14H16F3N3O2S/c15-14(16,17)12-6-11(5-4-9(12)7-18)23(21,22)20-13-3-1-2-10(13)8-19/h4-6,10,13,20H,1-3,8,19H2. The van der Waals surface area contributed by atoms with E-state index in [2.05, 4.69) is 4.72 Å². The fourth-order valence-corrected chi connectivity index (χ4v) is 4.13. The molecule has 23 heavy (non-hydrogen) atoms. The molecule has 2 atom stereocenters. The molecule has 2 unspecified atom stereocenters. The summed E-state index contributed by atoms with van der Waals surface area (Å²) in [5.41, 5.74) is 3.71. The number of hydrogen-bond donors (Lipinski definition) is 2. The summed E-state index contributed by atoms with van der Waals surface area (Å²) in [5.74, 6) is -0.0229. The molecule has 2 rings (SSSR count). The van der Waals surface area contributed by atoms with Gasteiger partial charge in [-0.2, -0.15) is 18.4 Å². The molecule has 0 spiro atoms. The monoisotopic (exact) mass is 347 g/mol. The number of nitrogens with two attached hydrogens (primary N) is 1. The van der Waals surface area contributed by atoms with Crippen molar-refractivity contribution in [2.45, 2.75) is 36.4 Å². The number of benzene rings is 1. The van der Waals surface area contributed by atoms with Crippen molar-refractivity contribution in [3.63, 3.8) is 0 Å². The van der Waals surface area contributed by atoms with Gasteiger partial charge in [0.2, 0.25) is 10.0 Å². The molecule has 1 aliphatic carbocycles. The molecule has 1 saturated carbocycles. The van der Waals surface area contributed by atoms with Crippen LogP contribution in [0.5, 0.6) is 0 Å². The summed E-state index contributed by atoms with van der Waals surface area (Å²) >= 11 is 0. The third-order valence-electron chi connectivity index (χ3n) is 4.00. The van der Waals surface area contributed by atoms with E-state index < -0.39 is 32.2 Å². The maximum atomic E-state index is 12.9. The van der Waals surface area contributed by atoms with Crippen LogP contribution in [0, 0.1) is 17.2 Å². The molecule has 0 amide bonds. The number of alkyl halides is 3. The molecular formula is C14H16F3N3O2S. The Balaban J connectivity index is 2.35. The topological polar surface area (TPSA) is 96.0 Å². The van der Waals surface area contributed by atoms with E-state index in [-0.39, 0.29) is 12.0 Å². The van der Waals surface area contributed by atoms with Crippen LogP contribution >= 0.6 is 0 Å². The van der Waals surface area contributed by atoms with E-state index in [4.69, 9.17) is 11.0 Å². The fourth-order valence-electron chi connectivity index (χ4n) is 2.76. The zero-order chi connectivity index (χ0) is 17.3. The highest BCUT2D eigenvalue weighted by Crippen LogP contribution is 2.33. The maximum Gasteiger partial charge on any atom is 0.417 e. The van der Waals surface area contributed by atoms with Crippen molar-refractivity contribution >= 4 is 10.0 Å². The fraction of sp³-hybridized carbons (Fsp3) is 0.500. The summed E-state index contributed by atoms with van der Waals surface area (Å²) in [7, 11) is -4.11. The Morgan fingerprint density at radius 1 is 1.35 bits per heavy atom. The molecule has 126 valence electrons. The lowest BCUT2D eigenvalue weighted by molar-refractivity contribution is -0.137. The predicted molar refractivity (Wildman–Crippen MR) is 76.7 cm³/mol. The van der Waals surface area contributed by atoms with E-state index in [1.54, 1.807) is 0 Å². The first-order chi connectivity index (χ1) is 10.7. The van der Waals surface area contributed by atoms with Crippen molar-refractivity contribution in [2.24, 2.45) is 11.7 Å². The Morgan fingerprint density at radius 2 is 2.04 bits per heavy atom. The van der Waals surface area contributed by atoms with E-state index in [9.17, 15) is 21.6 Å². The van der Waals surface area contributed by atoms with Gasteiger partial charge in [-0.1, -0.05) is 6.42 Å². The van der Waals surface area contributed by atoms with Crippen LogP contribution < -0.4 is 10.5 Å². The summed E-state index contributed by atoms with van der Waals surface area (Å²) in [6, 6.07) is 3.40. The quantitative estimate of drug-likeness (QED) is 0.870. The number of hydrogen-bond acceptors (Lipinski definition) is 4. The summed E-state index contributed by atoms with van der Waals surface area (Å²) in [5, 5.41) is 8.74. The van der Waals surface area contributed by atoms with Gasteiger partial charge in [-0.3, -0.25) is 0 Å². The molecule has 1 aliphatic rings. The second-order valence-electron chi connectivity index (χ2n) is 5.47. The van der Waals surface area contributed by atoms with Crippen molar-refractivity contribution in [3.05, 3.63) is 29.3 Å². The molecule has 9 heteroatoms. The second kappa shape index (κ2) is 6.47. The first kappa shape index (κ1) is 17.7. The lowest BCUT2D eigenvalue weighted by atomic mass is 10.1. The predicted octanol–water partition coefficient (Wildman–Crippen LogP) is 1.98. The van der Waals surface area contributed by atoms with E-state index in [1.165, 1.54) is 6.07 Å². The number of nitriles is 1. The van der Waals surface area contributed by atoms with Crippen molar-refractivity contribution < 1.29 is 21.6 Å². The number of halogens is 3. The largest absolute Gasteiger partial charge is 0.417 e. The van der Waals surface area contributed by atoms with Crippen molar-refractivity contribution in [1.82, 2.24) is 4.72 Å². The number of nitrogens with one attached hydrogen (secondary N) is 1. The Morgan fingerprint density at radius 3 is 2.61 bits per heavy atom. The van der Waals surface area contributed by atoms with Gasteiger partial charge in [-0.25, -0.2) is 13.1 Å². The minimum Gasteiger partial charge on any atom is -0.330 e. The highest BCUT2D eigenvalue weighted by Gasteiger charge is 2.36. The van der Waals surface area contributed by atoms with Crippen LogP contribution in [0.25, 0.3) is 0 Å². The highest BCUT2D eigenvalue weighted by atomic mass is 32.2. The minimum absolute atomic E-state index is 0.0229. The lowest BCUT2D eigenvalue weighted by Crippen LogP contribution is -2.39. The smallest absolute Gasteiger partial charge is 0.330 e. The van der Waals surface area contributed by atoms with Gasteiger partial charge < -0.3 is 5.73 Å². The van der Waals surface area contributed by atoms with Crippen LogP contribution in [0.4, 0.5) is 13.2 Å². The van der Waals surface area contributed by atoms with Gasteiger partial charge in [0.05, 0.1) is 22.1 Å². The molecule has 0 heterocycles. The summed E-state index contributed by atoms with van der Waals surface area (Å²) in [6.45, 7) is 0.314. The minimum atomic E-state index is -4.80. The molecule has 3 N–H and O–H groups in total. The SMILES string of the molecule is N#Cc1ccc(S(=O)(=O)NC2CCCC2CN)cc1C(F)(F)F. The van der Waals surface area contributed by atoms with Gasteiger partial charge in [0.1, 0.15) is 0 Å². The number of rotatable bonds is 4. The Labute approximate surface area is 132 Å². The Kier molecular flexibility index (Phi) is 4.98. The average Bonchev–Trinajstić information content (AvgIpc) is 2.92.